The van der Waals surface area contributed by atoms with Crippen LogP contribution in [-0.4, -0.2) is 27.5 Å². The zero-order valence-corrected chi connectivity index (χ0v) is 19.4. The third-order valence-corrected chi connectivity index (χ3v) is 6.95. The monoisotopic (exact) mass is 452 g/mol. The van der Waals surface area contributed by atoms with Gasteiger partial charge in [0.15, 0.2) is 6.61 Å². The summed E-state index contributed by atoms with van der Waals surface area (Å²) >= 11 is 0. The molecule has 32 heavy (non-hydrogen) atoms. The van der Waals surface area contributed by atoms with Gasteiger partial charge in [-0.1, -0.05) is 36.8 Å². The summed E-state index contributed by atoms with van der Waals surface area (Å²) in [6, 6.07) is 21.1. The first-order valence-corrected chi connectivity index (χ1v) is 12.0. The summed E-state index contributed by atoms with van der Waals surface area (Å²) < 4.78 is 33.0. The minimum atomic E-state index is -3.67. The highest BCUT2D eigenvalue weighted by molar-refractivity contribution is 7.92. The van der Waals surface area contributed by atoms with Gasteiger partial charge in [0.05, 0.1) is 10.6 Å². The fraction of sp³-hybridized carbons (Fsp3) is 0.240. The number of carbonyl (C=O) groups excluding carboxylic acids is 1. The number of amides is 1. The normalized spacial score (nSPS) is 11.1. The number of ether oxygens (including phenoxy) is 1. The van der Waals surface area contributed by atoms with Crippen molar-refractivity contribution in [1.82, 2.24) is 0 Å². The van der Waals surface area contributed by atoms with E-state index in [0.29, 0.717) is 17.1 Å². The average molecular weight is 453 g/mol. The van der Waals surface area contributed by atoms with E-state index in [2.05, 4.69) is 12.2 Å². The highest BCUT2D eigenvalue weighted by atomic mass is 32.2. The van der Waals surface area contributed by atoms with Gasteiger partial charge in [-0.25, -0.2) is 8.42 Å². The third kappa shape index (κ3) is 5.68. The van der Waals surface area contributed by atoms with Crippen LogP contribution in [0.25, 0.3) is 0 Å². The van der Waals surface area contributed by atoms with Gasteiger partial charge >= 0.3 is 0 Å². The fourth-order valence-corrected chi connectivity index (χ4v) is 4.68. The molecule has 0 aliphatic rings. The Morgan fingerprint density at radius 2 is 1.53 bits per heavy atom. The highest BCUT2D eigenvalue weighted by Gasteiger charge is 2.23. The van der Waals surface area contributed by atoms with E-state index in [-0.39, 0.29) is 24.0 Å². The zero-order valence-electron chi connectivity index (χ0n) is 18.5. The summed E-state index contributed by atoms with van der Waals surface area (Å²) in [5, 5.41) is 2.79. The molecule has 168 valence electrons. The minimum absolute atomic E-state index is 0.145. The lowest BCUT2D eigenvalue weighted by Gasteiger charge is -2.23. The summed E-state index contributed by atoms with van der Waals surface area (Å²) in [4.78, 5) is 12.4. The molecule has 1 N–H and O–H groups in total. The number of hydrogen-bond acceptors (Lipinski definition) is 4. The van der Waals surface area contributed by atoms with Gasteiger partial charge in [-0.2, -0.15) is 0 Å². The molecule has 0 aliphatic heterocycles. The van der Waals surface area contributed by atoms with Gasteiger partial charge in [-0.15, -0.1) is 0 Å². The molecule has 6 nitrogen and oxygen atoms in total. The Hall–Kier alpha value is -3.32. The fourth-order valence-electron chi connectivity index (χ4n) is 3.21. The maximum Gasteiger partial charge on any atom is 0.264 e. The smallest absolute Gasteiger partial charge is 0.264 e. The van der Waals surface area contributed by atoms with Gasteiger partial charge < -0.3 is 10.1 Å². The second kappa shape index (κ2) is 10.3. The zero-order chi connectivity index (χ0) is 23.1. The highest BCUT2D eigenvalue weighted by Crippen LogP contribution is 2.26. The van der Waals surface area contributed by atoms with E-state index in [1.165, 1.54) is 9.87 Å². The SMILES string of the molecule is CCc1ccc(NC(=O)COc2ccc(N(CC)S(=O)(=O)c3ccc(C)cc3)cc2)cc1. The molecule has 3 aromatic carbocycles. The molecular formula is C25H28N2O4S. The minimum Gasteiger partial charge on any atom is -0.484 e. The number of aryl methyl sites for hydroxylation is 2. The number of hydrogen-bond donors (Lipinski definition) is 1. The van der Waals surface area contributed by atoms with Gasteiger partial charge in [0.2, 0.25) is 0 Å². The molecule has 0 bridgehead atoms. The molecule has 0 saturated heterocycles. The van der Waals surface area contributed by atoms with Crippen LogP contribution in [0.3, 0.4) is 0 Å². The van der Waals surface area contributed by atoms with Crippen LogP contribution in [0, 0.1) is 6.92 Å². The van der Waals surface area contributed by atoms with Crippen LogP contribution in [0.4, 0.5) is 11.4 Å². The van der Waals surface area contributed by atoms with Gasteiger partial charge in [0.25, 0.3) is 15.9 Å². The van der Waals surface area contributed by atoms with Crippen LogP contribution in [-0.2, 0) is 21.2 Å². The van der Waals surface area contributed by atoms with E-state index in [9.17, 15) is 13.2 Å². The Bertz CT molecular complexity index is 1140. The number of sulfonamides is 1. The van der Waals surface area contributed by atoms with Crippen molar-refractivity contribution in [2.45, 2.75) is 32.1 Å². The van der Waals surface area contributed by atoms with Crippen molar-refractivity contribution < 1.29 is 17.9 Å². The quantitative estimate of drug-likeness (QED) is 0.506. The number of carbonyl (C=O) groups is 1. The first-order valence-electron chi connectivity index (χ1n) is 10.5. The molecule has 3 aromatic rings. The standard InChI is InChI=1S/C25H28N2O4S/c1-4-20-8-10-21(11-9-20)26-25(28)18-31-23-14-12-22(13-15-23)27(5-2)32(29,30)24-16-6-19(3)7-17-24/h6-17H,4-5,18H2,1-3H3,(H,26,28). The van der Waals surface area contributed by atoms with Crippen molar-refractivity contribution >= 4 is 27.3 Å². The van der Waals surface area contributed by atoms with Crippen molar-refractivity contribution in [1.29, 1.82) is 0 Å². The Morgan fingerprint density at radius 3 is 2.09 bits per heavy atom. The predicted octanol–water partition coefficient (Wildman–Crippen LogP) is 4.79. The van der Waals surface area contributed by atoms with Crippen LogP contribution in [0.2, 0.25) is 0 Å². The summed E-state index contributed by atoms with van der Waals surface area (Å²) in [5.74, 6) is 0.212. The number of anilines is 2. The second-order valence-corrected chi connectivity index (χ2v) is 9.23. The van der Waals surface area contributed by atoms with E-state index in [1.54, 1.807) is 55.5 Å². The molecular weight excluding hydrogens is 424 g/mol. The molecule has 0 aromatic heterocycles. The lowest BCUT2D eigenvalue weighted by atomic mass is 10.1. The van der Waals surface area contributed by atoms with Gasteiger partial charge in [-0.3, -0.25) is 9.10 Å². The third-order valence-electron chi connectivity index (χ3n) is 5.04. The van der Waals surface area contributed by atoms with E-state index in [4.69, 9.17) is 4.74 Å². The molecule has 0 atom stereocenters. The Balaban J connectivity index is 1.63. The first-order chi connectivity index (χ1) is 15.3. The molecule has 3 rings (SSSR count). The van der Waals surface area contributed by atoms with Crippen LogP contribution < -0.4 is 14.4 Å². The van der Waals surface area contributed by atoms with Crippen molar-refractivity contribution in [3.63, 3.8) is 0 Å². The maximum atomic E-state index is 13.0. The second-order valence-electron chi connectivity index (χ2n) is 7.36. The van der Waals surface area contributed by atoms with Crippen molar-refractivity contribution in [3.8, 4) is 5.75 Å². The maximum absolute atomic E-state index is 13.0. The van der Waals surface area contributed by atoms with Crippen molar-refractivity contribution in [2.24, 2.45) is 0 Å². The molecule has 0 fully saturated rings. The Labute approximate surface area is 189 Å². The van der Waals surface area contributed by atoms with Gasteiger partial charge in [0.1, 0.15) is 5.75 Å². The molecule has 0 unspecified atom stereocenters. The van der Waals surface area contributed by atoms with E-state index in [1.807, 2.05) is 31.2 Å². The Kier molecular flexibility index (Phi) is 7.53. The molecule has 0 aliphatic carbocycles. The topological polar surface area (TPSA) is 75.7 Å². The molecule has 0 saturated carbocycles. The van der Waals surface area contributed by atoms with Crippen LogP contribution in [0.15, 0.2) is 77.7 Å². The van der Waals surface area contributed by atoms with Crippen LogP contribution in [0.5, 0.6) is 5.75 Å². The summed E-state index contributed by atoms with van der Waals surface area (Å²) in [6.07, 6.45) is 0.940. The van der Waals surface area contributed by atoms with Gasteiger partial charge in [0, 0.05) is 12.2 Å². The van der Waals surface area contributed by atoms with Crippen LogP contribution >= 0.6 is 0 Å². The molecule has 0 radical (unpaired) electrons. The molecule has 0 spiro atoms. The molecule has 1 amide bonds. The largest absolute Gasteiger partial charge is 0.484 e. The summed E-state index contributed by atoms with van der Waals surface area (Å²) in [5.41, 5.74) is 3.44. The van der Waals surface area contributed by atoms with E-state index >= 15 is 0 Å². The lowest BCUT2D eigenvalue weighted by molar-refractivity contribution is -0.118. The molecule has 0 heterocycles. The average Bonchev–Trinajstić information content (AvgIpc) is 2.79. The first kappa shape index (κ1) is 23.3. The van der Waals surface area contributed by atoms with E-state index < -0.39 is 10.0 Å². The van der Waals surface area contributed by atoms with Crippen LogP contribution in [0.1, 0.15) is 25.0 Å². The summed E-state index contributed by atoms with van der Waals surface area (Å²) in [6.45, 7) is 5.91. The number of nitrogens with one attached hydrogen (secondary N) is 1. The van der Waals surface area contributed by atoms with E-state index in [0.717, 1.165) is 12.0 Å². The predicted molar refractivity (Wildman–Crippen MR) is 128 cm³/mol. The number of rotatable bonds is 9. The summed E-state index contributed by atoms with van der Waals surface area (Å²) in [7, 11) is -3.67. The molecule has 7 heteroatoms. The Morgan fingerprint density at radius 1 is 0.906 bits per heavy atom. The van der Waals surface area contributed by atoms with Gasteiger partial charge in [-0.05, 0) is 74.4 Å². The lowest BCUT2D eigenvalue weighted by Crippen LogP contribution is -2.30. The van der Waals surface area contributed by atoms with Crippen molar-refractivity contribution in [3.05, 3.63) is 83.9 Å². The number of benzene rings is 3. The van der Waals surface area contributed by atoms with Crippen molar-refractivity contribution in [2.75, 3.05) is 22.8 Å². The number of nitrogens with zero attached hydrogens (tertiary/aromatic N) is 1.